The Morgan fingerprint density at radius 2 is 0.710 bits per heavy atom. The maximum Gasteiger partial charge on any atom is 0.0619 e. The molecular weight excluding hydrogens is 749 g/mol. The second-order valence-corrected chi connectivity index (χ2v) is 15.6. The van der Waals surface area contributed by atoms with E-state index >= 15 is 0 Å². The summed E-state index contributed by atoms with van der Waals surface area (Å²) in [5, 5.41) is 2.47. The number of aromatic nitrogens is 1. The van der Waals surface area contributed by atoms with Crippen LogP contribution >= 0.6 is 0 Å². The third-order valence-electron chi connectivity index (χ3n) is 12.0. The summed E-state index contributed by atoms with van der Waals surface area (Å²) in [7, 11) is 0. The molecule has 11 rings (SSSR count). The Kier molecular flexibility index (Phi) is 9.57. The van der Waals surface area contributed by atoms with E-state index in [2.05, 4.69) is 264 Å². The second kappa shape index (κ2) is 16.1. The maximum atomic E-state index is 2.47. The van der Waals surface area contributed by atoms with Crippen molar-refractivity contribution >= 4 is 38.9 Å². The molecule has 0 amide bonds. The summed E-state index contributed by atoms with van der Waals surface area (Å²) in [6, 6.07) is 92.1. The highest BCUT2D eigenvalue weighted by Gasteiger charge is 2.23. The van der Waals surface area contributed by atoms with Gasteiger partial charge in [0.2, 0.25) is 0 Å². The summed E-state index contributed by atoms with van der Waals surface area (Å²) < 4.78 is 2.43. The highest BCUT2D eigenvalue weighted by molar-refractivity contribution is 6.14. The molecule has 0 aliphatic heterocycles. The minimum Gasteiger partial charge on any atom is -0.309 e. The fourth-order valence-corrected chi connectivity index (χ4v) is 9.28. The van der Waals surface area contributed by atoms with Crippen LogP contribution in [-0.4, -0.2) is 4.57 Å². The van der Waals surface area contributed by atoms with Crippen molar-refractivity contribution in [1.29, 1.82) is 0 Å². The number of fused-ring (bicyclic) bond motifs is 3. The van der Waals surface area contributed by atoms with E-state index in [1.165, 1.54) is 55.2 Å². The summed E-state index contributed by atoms with van der Waals surface area (Å²) in [6.45, 7) is 0. The van der Waals surface area contributed by atoms with Gasteiger partial charge in [0.25, 0.3) is 0 Å². The Balaban J connectivity index is 1.15. The zero-order valence-corrected chi connectivity index (χ0v) is 34.1. The van der Waals surface area contributed by atoms with Crippen LogP contribution in [0.4, 0.5) is 17.1 Å². The molecule has 1 aromatic heterocycles. The molecule has 0 N–H and O–H groups in total. The van der Waals surface area contributed by atoms with Gasteiger partial charge in [-0.1, -0.05) is 212 Å². The second-order valence-electron chi connectivity index (χ2n) is 15.6. The van der Waals surface area contributed by atoms with Crippen LogP contribution in [0.2, 0.25) is 0 Å². The van der Waals surface area contributed by atoms with Gasteiger partial charge >= 0.3 is 0 Å². The molecule has 11 aromatic rings. The standard InChI is InChI=1S/C60H42N2/c1-4-22-43(23-5-1)48-30-10-11-32-51(48)52-33-12-13-34-53(52)54-35-15-18-40-58(54)61(57-39-17-14-31-49(57)44-24-6-2-7-25-44)47-29-20-26-45(42-47)50-37-21-38-56-55-36-16-19-41-59(55)62(60(50)56)46-27-8-3-9-28-46/h1-42H. The molecule has 292 valence electrons. The van der Waals surface area contributed by atoms with Crippen LogP contribution in [0, 0.1) is 0 Å². The Bertz CT molecular complexity index is 3350. The number of nitrogens with zero attached hydrogens (tertiary/aromatic N) is 2. The quantitative estimate of drug-likeness (QED) is 0.141. The van der Waals surface area contributed by atoms with Crippen LogP contribution in [-0.2, 0) is 0 Å². The van der Waals surface area contributed by atoms with Gasteiger partial charge in [0, 0.05) is 38.8 Å². The molecule has 0 unspecified atom stereocenters. The molecular formula is C60H42N2. The molecule has 62 heavy (non-hydrogen) atoms. The van der Waals surface area contributed by atoms with Crippen molar-refractivity contribution in [1.82, 2.24) is 4.57 Å². The summed E-state index contributed by atoms with van der Waals surface area (Å²) in [5.74, 6) is 0. The molecule has 1 heterocycles. The van der Waals surface area contributed by atoms with E-state index < -0.39 is 0 Å². The normalized spacial score (nSPS) is 11.2. The summed E-state index contributed by atoms with van der Waals surface area (Å²) in [5.41, 5.74) is 18.5. The Morgan fingerprint density at radius 1 is 0.274 bits per heavy atom. The molecule has 0 fully saturated rings. The molecule has 0 bridgehead atoms. The monoisotopic (exact) mass is 790 g/mol. The Morgan fingerprint density at radius 3 is 1.40 bits per heavy atom. The largest absolute Gasteiger partial charge is 0.309 e. The molecule has 0 aliphatic carbocycles. The van der Waals surface area contributed by atoms with Crippen molar-refractivity contribution in [2.45, 2.75) is 0 Å². The summed E-state index contributed by atoms with van der Waals surface area (Å²) in [6.07, 6.45) is 0. The van der Waals surface area contributed by atoms with Gasteiger partial charge in [-0.25, -0.2) is 0 Å². The number of benzene rings is 10. The molecule has 10 aromatic carbocycles. The van der Waals surface area contributed by atoms with Gasteiger partial charge in [-0.15, -0.1) is 0 Å². The van der Waals surface area contributed by atoms with Crippen molar-refractivity contribution in [2.24, 2.45) is 0 Å². The number of anilines is 3. The van der Waals surface area contributed by atoms with Gasteiger partial charge in [-0.05, 0) is 81.4 Å². The number of hydrogen-bond donors (Lipinski definition) is 0. The first-order valence-corrected chi connectivity index (χ1v) is 21.3. The fraction of sp³-hybridized carbons (Fsp3) is 0. The van der Waals surface area contributed by atoms with Crippen LogP contribution in [0.25, 0.3) is 83.1 Å². The number of rotatable bonds is 9. The van der Waals surface area contributed by atoms with E-state index in [0.717, 1.165) is 45.0 Å². The van der Waals surface area contributed by atoms with Crippen molar-refractivity contribution in [3.63, 3.8) is 0 Å². The number of hydrogen-bond acceptors (Lipinski definition) is 1. The van der Waals surface area contributed by atoms with E-state index in [4.69, 9.17) is 0 Å². The average Bonchev–Trinajstić information content (AvgIpc) is 3.70. The SMILES string of the molecule is c1ccc(-c2ccccc2-c2ccccc2-c2ccccc2N(c2cccc(-c3cccc4c5ccccc5n(-c5ccccc5)c34)c2)c2ccccc2-c2ccccc2)cc1. The molecule has 0 saturated carbocycles. The first-order valence-electron chi connectivity index (χ1n) is 21.3. The molecule has 2 nitrogen and oxygen atoms in total. The maximum absolute atomic E-state index is 2.47. The van der Waals surface area contributed by atoms with Crippen LogP contribution < -0.4 is 4.90 Å². The lowest BCUT2D eigenvalue weighted by molar-refractivity contribution is 1.18. The minimum atomic E-state index is 1.07. The zero-order chi connectivity index (χ0) is 41.2. The molecule has 0 spiro atoms. The minimum absolute atomic E-state index is 1.07. The van der Waals surface area contributed by atoms with Gasteiger partial charge in [0.05, 0.1) is 22.4 Å². The van der Waals surface area contributed by atoms with Gasteiger partial charge < -0.3 is 9.47 Å². The topological polar surface area (TPSA) is 8.17 Å². The fourth-order valence-electron chi connectivity index (χ4n) is 9.28. The van der Waals surface area contributed by atoms with Crippen molar-refractivity contribution in [2.75, 3.05) is 4.90 Å². The summed E-state index contributed by atoms with van der Waals surface area (Å²) in [4.78, 5) is 2.47. The van der Waals surface area contributed by atoms with E-state index in [-0.39, 0.29) is 0 Å². The molecule has 0 radical (unpaired) electrons. The van der Waals surface area contributed by atoms with E-state index in [1.807, 2.05) is 0 Å². The molecule has 0 saturated heterocycles. The summed E-state index contributed by atoms with van der Waals surface area (Å²) >= 11 is 0. The van der Waals surface area contributed by atoms with Crippen LogP contribution in [0.1, 0.15) is 0 Å². The average molecular weight is 791 g/mol. The first-order chi connectivity index (χ1) is 30.8. The lowest BCUT2D eigenvalue weighted by Crippen LogP contribution is -2.12. The zero-order valence-electron chi connectivity index (χ0n) is 34.1. The van der Waals surface area contributed by atoms with E-state index in [9.17, 15) is 0 Å². The van der Waals surface area contributed by atoms with Gasteiger partial charge in [0.1, 0.15) is 0 Å². The predicted octanol–water partition coefficient (Wildman–Crippen LogP) is 16.6. The van der Waals surface area contributed by atoms with E-state index in [1.54, 1.807) is 0 Å². The molecule has 2 heteroatoms. The van der Waals surface area contributed by atoms with Gasteiger partial charge in [-0.2, -0.15) is 0 Å². The highest BCUT2D eigenvalue weighted by atomic mass is 15.1. The highest BCUT2D eigenvalue weighted by Crippen LogP contribution is 2.48. The third-order valence-corrected chi connectivity index (χ3v) is 12.0. The van der Waals surface area contributed by atoms with Crippen LogP contribution in [0.5, 0.6) is 0 Å². The van der Waals surface area contributed by atoms with Gasteiger partial charge in [0.15, 0.2) is 0 Å². The van der Waals surface area contributed by atoms with E-state index in [0.29, 0.717) is 0 Å². The lowest BCUT2D eigenvalue weighted by atomic mass is 9.88. The van der Waals surface area contributed by atoms with Gasteiger partial charge in [-0.3, -0.25) is 0 Å². The van der Waals surface area contributed by atoms with Crippen molar-refractivity contribution in [3.05, 3.63) is 255 Å². The smallest absolute Gasteiger partial charge is 0.0619 e. The van der Waals surface area contributed by atoms with Crippen LogP contribution in [0.3, 0.4) is 0 Å². The first kappa shape index (κ1) is 36.8. The number of para-hydroxylation sites is 5. The predicted molar refractivity (Wildman–Crippen MR) is 263 cm³/mol. The van der Waals surface area contributed by atoms with Crippen LogP contribution in [0.15, 0.2) is 255 Å². The third kappa shape index (κ3) is 6.56. The van der Waals surface area contributed by atoms with Crippen molar-refractivity contribution < 1.29 is 0 Å². The molecule has 0 atom stereocenters. The Hall–Kier alpha value is -8.20. The molecule has 0 aliphatic rings. The van der Waals surface area contributed by atoms with Crippen molar-refractivity contribution in [3.8, 4) is 61.3 Å². The lowest BCUT2D eigenvalue weighted by Gasteiger charge is -2.30. The Labute approximate surface area is 362 Å².